The van der Waals surface area contributed by atoms with Crippen LogP contribution in [0.4, 0.5) is 0 Å². The van der Waals surface area contributed by atoms with Crippen LogP contribution >= 0.6 is 11.8 Å². The molecular formula is C10H19NO3S. The number of hydrogen-bond donors (Lipinski definition) is 1. The molecule has 0 rings (SSSR count). The Morgan fingerprint density at radius 3 is 2.33 bits per heavy atom. The van der Waals surface area contributed by atoms with Crippen LogP contribution in [0.15, 0.2) is 0 Å². The third kappa shape index (κ3) is 8.44. The molecule has 0 aliphatic heterocycles. The largest absolute Gasteiger partial charge is 0.459 e. The monoisotopic (exact) mass is 233 g/mol. The Morgan fingerprint density at radius 2 is 1.93 bits per heavy atom. The van der Waals surface area contributed by atoms with Crippen molar-refractivity contribution in [2.45, 2.75) is 45.8 Å². The Labute approximate surface area is 94.9 Å². The highest BCUT2D eigenvalue weighted by Gasteiger charge is 2.21. The highest BCUT2D eigenvalue weighted by atomic mass is 32.2. The first kappa shape index (κ1) is 14.5. The van der Waals surface area contributed by atoms with Gasteiger partial charge >= 0.3 is 5.97 Å². The van der Waals surface area contributed by atoms with Crippen LogP contribution in [-0.2, 0) is 14.3 Å². The van der Waals surface area contributed by atoms with Crippen LogP contribution in [0, 0.1) is 0 Å². The maximum absolute atomic E-state index is 11.4. The zero-order valence-corrected chi connectivity index (χ0v) is 10.5. The third-order valence-corrected chi connectivity index (χ3v) is 2.29. The van der Waals surface area contributed by atoms with Crippen molar-refractivity contribution in [1.82, 2.24) is 0 Å². The number of hydrogen-bond acceptors (Lipinski definition) is 5. The van der Waals surface area contributed by atoms with E-state index < -0.39 is 17.6 Å². The molecule has 2 N–H and O–H groups in total. The van der Waals surface area contributed by atoms with E-state index in [1.807, 2.05) is 0 Å². The molecule has 0 saturated heterocycles. The Hall–Kier alpha value is -0.550. The van der Waals surface area contributed by atoms with Crippen molar-refractivity contribution in [3.05, 3.63) is 0 Å². The summed E-state index contributed by atoms with van der Waals surface area (Å²) in [5.74, 6) is 0.141. The van der Waals surface area contributed by atoms with Crippen LogP contribution in [-0.4, -0.2) is 28.5 Å². The lowest BCUT2D eigenvalue weighted by Gasteiger charge is -2.21. The molecule has 0 fully saturated rings. The molecule has 88 valence electrons. The predicted octanol–water partition coefficient (Wildman–Crippen LogP) is 1.33. The average Bonchev–Trinajstić information content (AvgIpc) is 1.99. The van der Waals surface area contributed by atoms with Crippen molar-refractivity contribution in [2.75, 3.05) is 5.75 Å². The van der Waals surface area contributed by atoms with E-state index in [2.05, 4.69) is 0 Å². The number of esters is 1. The molecule has 0 aliphatic carbocycles. The van der Waals surface area contributed by atoms with Crippen LogP contribution in [0.25, 0.3) is 0 Å². The molecule has 0 amide bonds. The minimum Gasteiger partial charge on any atom is -0.459 e. The van der Waals surface area contributed by atoms with Gasteiger partial charge in [-0.15, -0.1) is 0 Å². The summed E-state index contributed by atoms with van der Waals surface area (Å²) in [5, 5.41) is 0.0337. The van der Waals surface area contributed by atoms with Gasteiger partial charge in [0.05, 0.1) is 0 Å². The summed E-state index contributed by atoms with van der Waals surface area (Å²) in [6.07, 6.45) is 0.458. The molecule has 0 aromatic heterocycles. The third-order valence-electron chi connectivity index (χ3n) is 1.44. The van der Waals surface area contributed by atoms with Crippen LogP contribution in [0.3, 0.4) is 0 Å². The fourth-order valence-electron chi connectivity index (χ4n) is 0.825. The molecule has 4 nitrogen and oxygen atoms in total. The highest BCUT2D eigenvalue weighted by molar-refractivity contribution is 8.13. The first-order valence-corrected chi connectivity index (χ1v) is 5.83. The van der Waals surface area contributed by atoms with E-state index in [-0.39, 0.29) is 5.12 Å². The van der Waals surface area contributed by atoms with E-state index in [4.69, 9.17) is 10.5 Å². The molecule has 1 atom stereocenters. The van der Waals surface area contributed by atoms with Crippen molar-refractivity contribution in [3.63, 3.8) is 0 Å². The Balaban J connectivity index is 3.85. The molecule has 0 bridgehead atoms. The van der Waals surface area contributed by atoms with E-state index in [0.29, 0.717) is 12.2 Å². The topological polar surface area (TPSA) is 69.4 Å². The van der Waals surface area contributed by atoms with Gasteiger partial charge in [0.15, 0.2) is 5.12 Å². The maximum atomic E-state index is 11.4. The first-order valence-electron chi connectivity index (χ1n) is 4.84. The molecule has 0 aliphatic rings. The van der Waals surface area contributed by atoms with Crippen molar-refractivity contribution < 1.29 is 14.3 Å². The second-order valence-electron chi connectivity index (χ2n) is 4.27. The van der Waals surface area contributed by atoms with E-state index in [0.717, 1.165) is 0 Å². The van der Waals surface area contributed by atoms with Crippen molar-refractivity contribution in [3.8, 4) is 0 Å². The number of ether oxygens (including phenoxy) is 1. The summed E-state index contributed by atoms with van der Waals surface area (Å²) in [7, 11) is 0. The van der Waals surface area contributed by atoms with Gasteiger partial charge in [0.1, 0.15) is 11.6 Å². The molecular weight excluding hydrogens is 214 g/mol. The second kappa shape index (κ2) is 6.12. The number of thioether (sulfide) groups is 1. The van der Waals surface area contributed by atoms with E-state index in [1.54, 1.807) is 20.8 Å². The molecule has 0 aromatic rings. The summed E-state index contributed by atoms with van der Waals surface area (Å²) in [5.41, 5.74) is 5.10. The second-order valence-corrected chi connectivity index (χ2v) is 5.54. The number of nitrogens with two attached hydrogens (primary N) is 1. The first-order chi connectivity index (χ1) is 6.72. The van der Waals surface area contributed by atoms with Gasteiger partial charge in [0.25, 0.3) is 0 Å². The van der Waals surface area contributed by atoms with Gasteiger partial charge in [0.2, 0.25) is 0 Å². The van der Waals surface area contributed by atoms with Crippen molar-refractivity contribution >= 4 is 22.8 Å². The summed E-state index contributed by atoms with van der Waals surface area (Å²) < 4.78 is 5.10. The molecule has 15 heavy (non-hydrogen) atoms. The van der Waals surface area contributed by atoms with Gasteiger partial charge in [-0.3, -0.25) is 9.59 Å². The fourth-order valence-corrected chi connectivity index (χ4v) is 1.48. The number of carbonyl (C=O) groups is 2. The minimum atomic E-state index is -0.643. The standard InChI is InChI=1S/C10H19NO3S/c1-7(12)15-6-5-8(11)9(13)14-10(2,3)4/h8H,5-6,11H2,1-4H3. The van der Waals surface area contributed by atoms with Crippen LogP contribution < -0.4 is 5.73 Å². The predicted molar refractivity (Wildman–Crippen MR) is 61.6 cm³/mol. The summed E-state index contributed by atoms with van der Waals surface area (Å²) in [6.45, 7) is 6.87. The van der Waals surface area contributed by atoms with Gasteiger partial charge in [-0.1, -0.05) is 11.8 Å². The summed E-state index contributed by atoms with van der Waals surface area (Å²) >= 11 is 1.17. The smallest absolute Gasteiger partial charge is 0.323 e. The lowest BCUT2D eigenvalue weighted by atomic mass is 10.2. The van der Waals surface area contributed by atoms with Crippen LogP contribution in [0.1, 0.15) is 34.1 Å². The lowest BCUT2D eigenvalue weighted by molar-refractivity contribution is -0.156. The molecule has 0 heterocycles. The normalized spacial score (nSPS) is 13.4. The number of rotatable bonds is 4. The maximum Gasteiger partial charge on any atom is 0.323 e. The van der Waals surface area contributed by atoms with Gasteiger partial charge in [-0.25, -0.2) is 0 Å². The van der Waals surface area contributed by atoms with E-state index >= 15 is 0 Å². The fraction of sp³-hybridized carbons (Fsp3) is 0.800. The lowest BCUT2D eigenvalue weighted by Crippen LogP contribution is -2.37. The molecule has 5 heteroatoms. The highest BCUT2D eigenvalue weighted by Crippen LogP contribution is 2.10. The SMILES string of the molecule is CC(=O)SCCC(N)C(=O)OC(C)(C)C. The van der Waals surface area contributed by atoms with E-state index in [1.165, 1.54) is 18.7 Å². The van der Waals surface area contributed by atoms with Crippen LogP contribution in [0.2, 0.25) is 0 Å². The summed E-state index contributed by atoms with van der Waals surface area (Å²) in [6, 6.07) is -0.643. The summed E-state index contributed by atoms with van der Waals surface area (Å²) in [4.78, 5) is 22.0. The Bertz CT molecular complexity index is 235. The van der Waals surface area contributed by atoms with E-state index in [9.17, 15) is 9.59 Å². The molecule has 0 radical (unpaired) electrons. The quantitative estimate of drug-likeness (QED) is 0.742. The molecule has 1 unspecified atom stereocenters. The number of carbonyl (C=O) groups excluding carboxylic acids is 2. The average molecular weight is 233 g/mol. The van der Waals surface area contributed by atoms with Gasteiger partial charge in [0, 0.05) is 12.7 Å². The van der Waals surface area contributed by atoms with Crippen molar-refractivity contribution in [1.29, 1.82) is 0 Å². The van der Waals surface area contributed by atoms with Crippen LogP contribution in [0.5, 0.6) is 0 Å². The zero-order valence-electron chi connectivity index (χ0n) is 9.70. The van der Waals surface area contributed by atoms with Gasteiger partial charge < -0.3 is 10.5 Å². The zero-order chi connectivity index (χ0) is 12.1. The minimum absolute atomic E-state index is 0.0337. The van der Waals surface area contributed by atoms with Crippen molar-refractivity contribution in [2.24, 2.45) is 5.73 Å². The van der Waals surface area contributed by atoms with Gasteiger partial charge in [-0.2, -0.15) is 0 Å². The molecule has 0 spiro atoms. The van der Waals surface area contributed by atoms with Gasteiger partial charge in [-0.05, 0) is 27.2 Å². The molecule has 0 aromatic carbocycles. The molecule has 0 saturated carbocycles. The Morgan fingerprint density at radius 1 is 1.40 bits per heavy atom. The Kier molecular flexibility index (Phi) is 5.90.